The lowest BCUT2D eigenvalue weighted by Gasteiger charge is -2.24. The molecule has 10 heteroatoms. The number of carbonyl (C=O) groups is 2. The fourth-order valence-electron chi connectivity index (χ4n) is 3.16. The largest absolute Gasteiger partial charge is 0.480 e. The monoisotopic (exact) mass is 412 g/mol. The lowest BCUT2D eigenvalue weighted by molar-refractivity contribution is -0.143. The molecule has 1 N–H and O–H groups in total. The van der Waals surface area contributed by atoms with E-state index in [1.165, 1.54) is 11.8 Å². The van der Waals surface area contributed by atoms with Gasteiger partial charge in [0.1, 0.15) is 13.2 Å². The summed E-state index contributed by atoms with van der Waals surface area (Å²) < 4.78 is 28.7. The molecule has 2 saturated heterocycles. The van der Waals surface area contributed by atoms with Crippen LogP contribution >= 0.6 is 11.8 Å². The third-order valence-electron chi connectivity index (χ3n) is 4.33. The third-order valence-corrected chi connectivity index (χ3v) is 7.58. The lowest BCUT2D eigenvalue weighted by Crippen LogP contribution is -2.39. The van der Waals surface area contributed by atoms with E-state index in [4.69, 9.17) is 9.84 Å². The zero-order valence-electron chi connectivity index (χ0n) is 14.5. The molecule has 1 amide bonds. The Hall–Kier alpha value is -1.91. The smallest absolute Gasteiger partial charge is 0.329 e. The molecule has 2 aliphatic rings. The molecule has 0 unspecified atom stereocenters. The second-order valence-corrected chi connectivity index (χ2v) is 9.76. The first-order valence-corrected chi connectivity index (χ1v) is 11.1. The number of fused-ring (bicyclic) bond motifs is 1. The molecule has 3 rings (SSSR count). The number of amides is 1. The molecule has 0 spiro atoms. The number of hydrogen-bond donors (Lipinski definition) is 1. The maximum Gasteiger partial charge on any atom is 0.329 e. The van der Waals surface area contributed by atoms with Gasteiger partial charge in [0, 0.05) is 11.8 Å². The number of ether oxygens (including phenoxy) is 1. The van der Waals surface area contributed by atoms with Gasteiger partial charge in [-0.1, -0.05) is 42.1 Å². The lowest BCUT2D eigenvalue weighted by atomic mass is 10.1. The van der Waals surface area contributed by atoms with Gasteiger partial charge in [-0.25, -0.2) is 13.2 Å². The van der Waals surface area contributed by atoms with Crippen molar-refractivity contribution in [2.75, 3.05) is 31.3 Å². The van der Waals surface area contributed by atoms with Crippen LogP contribution in [0.2, 0.25) is 0 Å². The molecule has 0 saturated carbocycles. The van der Waals surface area contributed by atoms with E-state index in [-0.39, 0.29) is 22.8 Å². The standard InChI is InChI=1S/C17H20N2O6S2/c20-15(8-25-9-16(21)22)18-17-19(7-6-12-4-2-1-3-5-12)13-10-27(23,24)11-14(13)26-17/h1-5,13-14H,6-11H2,(H,21,22)/t13-,14-/m0/s1. The Bertz CT molecular complexity index is 840. The van der Waals surface area contributed by atoms with Crippen molar-refractivity contribution in [3.05, 3.63) is 35.9 Å². The molecule has 2 atom stereocenters. The quantitative estimate of drug-likeness (QED) is 0.686. The molecule has 0 aliphatic carbocycles. The number of carboxylic acid groups (broad SMARTS) is 1. The Kier molecular flexibility index (Phi) is 6.18. The molecular formula is C17H20N2O6S2. The van der Waals surface area contributed by atoms with E-state index in [0.717, 1.165) is 5.56 Å². The van der Waals surface area contributed by atoms with Gasteiger partial charge in [-0.15, -0.1) is 0 Å². The molecule has 146 valence electrons. The van der Waals surface area contributed by atoms with E-state index in [2.05, 4.69) is 4.99 Å². The van der Waals surface area contributed by atoms with Gasteiger partial charge in [0.15, 0.2) is 15.0 Å². The van der Waals surface area contributed by atoms with E-state index in [9.17, 15) is 18.0 Å². The third kappa shape index (κ3) is 5.30. The van der Waals surface area contributed by atoms with Gasteiger partial charge < -0.3 is 14.7 Å². The van der Waals surface area contributed by atoms with Gasteiger partial charge in [0.2, 0.25) is 0 Å². The zero-order valence-corrected chi connectivity index (χ0v) is 16.1. The summed E-state index contributed by atoms with van der Waals surface area (Å²) in [6.45, 7) is -0.433. The van der Waals surface area contributed by atoms with Gasteiger partial charge in [-0.2, -0.15) is 4.99 Å². The molecule has 0 radical (unpaired) electrons. The first kappa shape index (κ1) is 19.8. The highest BCUT2D eigenvalue weighted by Crippen LogP contribution is 2.38. The molecule has 2 fully saturated rings. The summed E-state index contributed by atoms with van der Waals surface area (Å²) in [5.74, 6) is -1.60. The molecule has 1 aromatic carbocycles. The minimum Gasteiger partial charge on any atom is -0.480 e. The number of carbonyl (C=O) groups excluding carboxylic acids is 1. The van der Waals surface area contributed by atoms with Crippen LogP contribution in [0, 0.1) is 0 Å². The van der Waals surface area contributed by atoms with Crippen LogP contribution in [-0.2, 0) is 30.6 Å². The van der Waals surface area contributed by atoms with Crippen molar-refractivity contribution in [1.29, 1.82) is 0 Å². The number of aliphatic carboxylic acids is 1. The Morgan fingerprint density at radius 3 is 2.67 bits per heavy atom. The summed E-state index contributed by atoms with van der Waals surface area (Å²) in [6.07, 6.45) is 0.702. The highest BCUT2D eigenvalue weighted by atomic mass is 32.2. The molecule has 1 aromatic rings. The summed E-state index contributed by atoms with van der Waals surface area (Å²) in [5.41, 5.74) is 1.11. The summed E-state index contributed by atoms with van der Waals surface area (Å²) in [4.78, 5) is 28.4. The number of hydrogen-bond acceptors (Lipinski definition) is 6. The Morgan fingerprint density at radius 1 is 1.22 bits per heavy atom. The Labute approximate surface area is 161 Å². The number of carboxylic acids is 1. The van der Waals surface area contributed by atoms with Gasteiger partial charge in [-0.3, -0.25) is 4.79 Å². The van der Waals surface area contributed by atoms with E-state index in [1.807, 2.05) is 35.2 Å². The molecule has 8 nitrogen and oxygen atoms in total. The van der Waals surface area contributed by atoms with E-state index in [1.54, 1.807) is 0 Å². The Morgan fingerprint density at radius 2 is 1.96 bits per heavy atom. The molecule has 2 heterocycles. The van der Waals surface area contributed by atoms with Crippen molar-refractivity contribution in [2.45, 2.75) is 17.7 Å². The first-order chi connectivity index (χ1) is 12.8. The summed E-state index contributed by atoms with van der Waals surface area (Å²) >= 11 is 1.30. The van der Waals surface area contributed by atoms with Crippen molar-refractivity contribution < 1.29 is 27.9 Å². The molecular weight excluding hydrogens is 392 g/mol. The predicted molar refractivity (Wildman–Crippen MR) is 102 cm³/mol. The van der Waals surface area contributed by atoms with Gasteiger partial charge in [0.05, 0.1) is 17.5 Å². The van der Waals surface area contributed by atoms with E-state index >= 15 is 0 Å². The summed E-state index contributed by atoms with van der Waals surface area (Å²) in [7, 11) is -3.09. The van der Waals surface area contributed by atoms with Crippen LogP contribution in [-0.4, -0.2) is 78.0 Å². The van der Waals surface area contributed by atoms with E-state index in [0.29, 0.717) is 18.1 Å². The minimum absolute atomic E-state index is 0.0577. The topological polar surface area (TPSA) is 113 Å². The van der Waals surface area contributed by atoms with Gasteiger partial charge in [0.25, 0.3) is 5.91 Å². The number of aliphatic imine (C=N–C) groups is 1. The number of sulfone groups is 1. The number of amidine groups is 1. The highest BCUT2D eigenvalue weighted by Gasteiger charge is 2.48. The summed E-state index contributed by atoms with van der Waals surface area (Å²) in [5, 5.41) is 8.89. The van der Waals surface area contributed by atoms with Crippen molar-refractivity contribution >= 4 is 38.6 Å². The second kappa shape index (κ2) is 8.41. The van der Waals surface area contributed by atoms with Crippen LogP contribution in [0.15, 0.2) is 35.3 Å². The van der Waals surface area contributed by atoms with Crippen molar-refractivity contribution in [2.24, 2.45) is 4.99 Å². The van der Waals surface area contributed by atoms with Crippen LogP contribution in [0.5, 0.6) is 0 Å². The maximum atomic E-state index is 12.0. The van der Waals surface area contributed by atoms with Crippen molar-refractivity contribution in [1.82, 2.24) is 4.90 Å². The van der Waals surface area contributed by atoms with Crippen LogP contribution in [0.1, 0.15) is 5.56 Å². The van der Waals surface area contributed by atoms with Crippen LogP contribution in [0.4, 0.5) is 0 Å². The molecule has 0 aromatic heterocycles. The average Bonchev–Trinajstić information content (AvgIpc) is 3.04. The zero-order chi connectivity index (χ0) is 19.4. The number of nitrogens with zero attached hydrogens (tertiary/aromatic N) is 2. The van der Waals surface area contributed by atoms with Gasteiger partial charge >= 0.3 is 5.97 Å². The highest BCUT2D eigenvalue weighted by molar-refractivity contribution is 8.15. The fourth-order valence-corrected chi connectivity index (χ4v) is 7.15. The van der Waals surface area contributed by atoms with Gasteiger partial charge in [-0.05, 0) is 12.0 Å². The number of thioether (sulfide) groups is 1. The van der Waals surface area contributed by atoms with Crippen molar-refractivity contribution in [3.8, 4) is 0 Å². The van der Waals surface area contributed by atoms with Crippen LogP contribution < -0.4 is 0 Å². The normalized spacial score (nSPS) is 24.9. The molecule has 0 bridgehead atoms. The molecule has 2 aliphatic heterocycles. The van der Waals surface area contributed by atoms with E-state index < -0.39 is 34.9 Å². The minimum atomic E-state index is -3.09. The maximum absolute atomic E-state index is 12.0. The summed E-state index contributed by atoms with van der Waals surface area (Å²) in [6, 6.07) is 9.60. The first-order valence-electron chi connectivity index (χ1n) is 8.43. The van der Waals surface area contributed by atoms with Crippen molar-refractivity contribution in [3.63, 3.8) is 0 Å². The number of benzene rings is 1. The Balaban J connectivity index is 1.70. The van der Waals surface area contributed by atoms with Crippen LogP contribution in [0.3, 0.4) is 0 Å². The molecule has 27 heavy (non-hydrogen) atoms. The number of rotatable bonds is 7. The SMILES string of the molecule is O=C(O)COCC(=O)N=C1S[C@H]2CS(=O)(=O)C[C@@H]2N1CCc1ccccc1. The second-order valence-electron chi connectivity index (χ2n) is 6.40. The van der Waals surface area contributed by atoms with Crippen LogP contribution in [0.25, 0.3) is 0 Å². The average molecular weight is 412 g/mol. The fraction of sp³-hybridized carbons (Fsp3) is 0.471. The predicted octanol–water partition coefficient (Wildman–Crippen LogP) is 0.427.